The fourth-order valence-electron chi connectivity index (χ4n) is 1.92. The molecule has 0 aliphatic heterocycles. The third-order valence-electron chi connectivity index (χ3n) is 3.07. The fraction of sp³-hybridized carbons (Fsp3) is 0.200. The van der Waals surface area contributed by atoms with Crippen LogP contribution < -0.4 is 9.46 Å². The maximum Gasteiger partial charge on any atom is 0.244 e. The molecule has 0 aliphatic carbocycles. The van der Waals surface area contributed by atoms with Crippen molar-refractivity contribution < 1.29 is 18.3 Å². The van der Waals surface area contributed by atoms with Crippen molar-refractivity contribution in [2.75, 3.05) is 13.7 Å². The van der Waals surface area contributed by atoms with Crippen molar-refractivity contribution in [3.05, 3.63) is 58.6 Å². The molecule has 7 heteroatoms. The van der Waals surface area contributed by atoms with E-state index in [9.17, 15) is 13.5 Å². The van der Waals surface area contributed by atoms with Crippen molar-refractivity contribution in [2.45, 2.75) is 11.0 Å². The van der Waals surface area contributed by atoms with Crippen molar-refractivity contribution >= 4 is 26.0 Å². The zero-order chi connectivity index (χ0) is 16.2. The van der Waals surface area contributed by atoms with E-state index in [2.05, 4.69) is 20.7 Å². The maximum absolute atomic E-state index is 12.4. The summed E-state index contributed by atoms with van der Waals surface area (Å²) in [7, 11) is -2.39. The van der Waals surface area contributed by atoms with Gasteiger partial charge in [-0.3, -0.25) is 0 Å². The van der Waals surface area contributed by atoms with Crippen LogP contribution in [0.25, 0.3) is 0 Å². The molecule has 0 heterocycles. The number of sulfonamides is 1. The minimum absolute atomic E-state index is 0.0182. The Morgan fingerprint density at radius 2 is 1.91 bits per heavy atom. The Kier molecular flexibility index (Phi) is 5.57. The first-order valence-corrected chi connectivity index (χ1v) is 8.78. The van der Waals surface area contributed by atoms with Gasteiger partial charge in [-0.25, -0.2) is 13.1 Å². The minimum atomic E-state index is -3.79. The van der Waals surface area contributed by atoms with Crippen LogP contribution in [0.5, 0.6) is 5.75 Å². The number of aliphatic hydroxyl groups is 1. The molecule has 5 nitrogen and oxygen atoms in total. The first-order valence-electron chi connectivity index (χ1n) is 6.50. The number of hydrogen-bond acceptors (Lipinski definition) is 4. The van der Waals surface area contributed by atoms with Crippen LogP contribution in [0.1, 0.15) is 11.7 Å². The van der Waals surface area contributed by atoms with Gasteiger partial charge in [-0.05, 0) is 23.8 Å². The van der Waals surface area contributed by atoms with Crippen molar-refractivity contribution in [1.29, 1.82) is 0 Å². The molecule has 118 valence electrons. The number of benzene rings is 2. The summed E-state index contributed by atoms with van der Waals surface area (Å²) in [5.74, 6) is 0.241. The van der Waals surface area contributed by atoms with Gasteiger partial charge in [0.1, 0.15) is 10.6 Å². The highest BCUT2D eigenvalue weighted by atomic mass is 79.9. The van der Waals surface area contributed by atoms with Crippen molar-refractivity contribution in [3.8, 4) is 5.75 Å². The van der Waals surface area contributed by atoms with E-state index in [1.165, 1.54) is 13.2 Å². The number of hydrogen-bond donors (Lipinski definition) is 2. The Hall–Kier alpha value is -1.41. The third kappa shape index (κ3) is 4.07. The summed E-state index contributed by atoms with van der Waals surface area (Å²) >= 11 is 3.24. The highest BCUT2D eigenvalue weighted by Crippen LogP contribution is 2.27. The van der Waals surface area contributed by atoms with Crippen LogP contribution in [-0.4, -0.2) is 27.2 Å². The molecular formula is C15H16BrNO4S. The molecule has 1 unspecified atom stereocenters. The van der Waals surface area contributed by atoms with Crippen LogP contribution in [0.15, 0.2) is 57.9 Å². The molecular weight excluding hydrogens is 370 g/mol. The Balaban J connectivity index is 2.17. The highest BCUT2D eigenvalue weighted by molar-refractivity contribution is 9.10. The number of ether oxygens (including phenoxy) is 1. The van der Waals surface area contributed by atoms with Crippen molar-refractivity contribution in [3.63, 3.8) is 0 Å². The monoisotopic (exact) mass is 385 g/mol. The normalized spacial score (nSPS) is 12.9. The standard InChI is InChI=1S/C15H16BrNO4S/c1-21-14-8-7-12(16)9-15(14)22(19,20)17-10-13(18)11-5-3-2-4-6-11/h2-9,13,17-18H,10H2,1H3. The molecule has 0 saturated carbocycles. The summed E-state index contributed by atoms with van der Waals surface area (Å²) in [6.45, 7) is -0.123. The van der Waals surface area contributed by atoms with Gasteiger partial charge >= 0.3 is 0 Å². The number of halogens is 1. The van der Waals surface area contributed by atoms with Crippen molar-refractivity contribution in [2.24, 2.45) is 0 Å². The molecule has 2 N–H and O–H groups in total. The maximum atomic E-state index is 12.4. The van der Waals surface area contributed by atoms with Gasteiger partial charge in [0, 0.05) is 11.0 Å². The Morgan fingerprint density at radius 1 is 1.23 bits per heavy atom. The van der Waals surface area contributed by atoms with Crippen LogP contribution in [0, 0.1) is 0 Å². The largest absolute Gasteiger partial charge is 0.495 e. The lowest BCUT2D eigenvalue weighted by Crippen LogP contribution is -2.28. The Bertz CT molecular complexity index is 734. The van der Waals surface area contributed by atoms with Crippen LogP contribution in [0.4, 0.5) is 0 Å². The molecule has 0 radical (unpaired) electrons. The molecule has 2 aromatic carbocycles. The number of aliphatic hydroxyl groups excluding tert-OH is 1. The van der Waals surface area contributed by atoms with Gasteiger partial charge in [0.05, 0.1) is 13.2 Å². The van der Waals surface area contributed by atoms with Crippen molar-refractivity contribution in [1.82, 2.24) is 4.72 Å². The summed E-state index contributed by atoms with van der Waals surface area (Å²) in [5.41, 5.74) is 0.645. The minimum Gasteiger partial charge on any atom is -0.495 e. The first kappa shape index (κ1) is 17.0. The van der Waals surface area contributed by atoms with E-state index in [1.54, 1.807) is 36.4 Å². The van der Waals surface area contributed by atoms with E-state index in [0.29, 0.717) is 10.0 Å². The molecule has 0 saturated heterocycles. The lowest BCUT2D eigenvalue weighted by molar-refractivity contribution is 0.182. The molecule has 0 aliphatic rings. The molecule has 0 amide bonds. The predicted octanol–water partition coefficient (Wildman–Crippen LogP) is 2.47. The second kappa shape index (κ2) is 7.23. The highest BCUT2D eigenvalue weighted by Gasteiger charge is 2.21. The van der Waals surface area contributed by atoms with Gasteiger partial charge in [-0.2, -0.15) is 0 Å². The molecule has 0 spiro atoms. The lowest BCUT2D eigenvalue weighted by atomic mass is 10.1. The molecule has 0 fully saturated rings. The molecule has 2 rings (SSSR count). The number of nitrogens with one attached hydrogen (secondary N) is 1. The van der Waals surface area contributed by atoms with Crippen LogP contribution in [0.3, 0.4) is 0 Å². The topological polar surface area (TPSA) is 75.6 Å². The lowest BCUT2D eigenvalue weighted by Gasteiger charge is -2.14. The SMILES string of the molecule is COc1ccc(Br)cc1S(=O)(=O)NCC(O)c1ccccc1. The zero-order valence-electron chi connectivity index (χ0n) is 11.9. The fourth-order valence-corrected chi connectivity index (χ4v) is 3.66. The van der Waals surface area contributed by atoms with E-state index < -0.39 is 16.1 Å². The molecule has 2 aromatic rings. The summed E-state index contributed by atoms with van der Waals surface area (Å²) in [6, 6.07) is 13.6. The quantitative estimate of drug-likeness (QED) is 0.800. The van der Waals surface area contributed by atoms with Gasteiger partial charge in [-0.15, -0.1) is 0 Å². The van der Waals surface area contributed by atoms with E-state index >= 15 is 0 Å². The van der Waals surface area contributed by atoms with Crippen LogP contribution in [0.2, 0.25) is 0 Å². The van der Waals surface area contributed by atoms with Gasteiger partial charge in [0.2, 0.25) is 10.0 Å². The predicted molar refractivity (Wildman–Crippen MR) is 87.3 cm³/mol. The summed E-state index contributed by atoms with van der Waals surface area (Å²) < 4.78 is 32.8. The van der Waals surface area contributed by atoms with Gasteiger partial charge in [0.15, 0.2) is 0 Å². The van der Waals surface area contributed by atoms with Gasteiger partial charge in [0.25, 0.3) is 0 Å². The van der Waals surface area contributed by atoms with E-state index in [4.69, 9.17) is 4.74 Å². The second-order valence-corrected chi connectivity index (χ2v) is 7.22. The summed E-state index contributed by atoms with van der Waals surface area (Å²) in [6.07, 6.45) is -0.922. The number of rotatable bonds is 6. The van der Waals surface area contributed by atoms with E-state index in [0.717, 1.165) is 0 Å². The second-order valence-electron chi connectivity index (χ2n) is 4.57. The number of methoxy groups -OCH3 is 1. The summed E-state index contributed by atoms with van der Waals surface area (Å²) in [5, 5.41) is 10.0. The van der Waals surface area contributed by atoms with E-state index in [1.807, 2.05) is 6.07 Å². The average molecular weight is 386 g/mol. The zero-order valence-corrected chi connectivity index (χ0v) is 14.3. The molecule has 0 aromatic heterocycles. The average Bonchev–Trinajstić information content (AvgIpc) is 2.53. The molecule has 1 atom stereocenters. The smallest absolute Gasteiger partial charge is 0.244 e. The van der Waals surface area contributed by atoms with Gasteiger partial charge < -0.3 is 9.84 Å². The Labute approximate surface area is 138 Å². The Morgan fingerprint density at radius 3 is 2.55 bits per heavy atom. The molecule has 0 bridgehead atoms. The first-order chi connectivity index (χ1) is 10.4. The van der Waals surface area contributed by atoms with Crippen LogP contribution >= 0.6 is 15.9 Å². The summed E-state index contributed by atoms with van der Waals surface area (Å²) in [4.78, 5) is 0.0182. The molecule has 22 heavy (non-hydrogen) atoms. The third-order valence-corrected chi connectivity index (χ3v) is 5.00. The van der Waals surface area contributed by atoms with E-state index in [-0.39, 0.29) is 17.2 Å². The van der Waals surface area contributed by atoms with Gasteiger partial charge in [-0.1, -0.05) is 46.3 Å². The van der Waals surface area contributed by atoms with Crippen LogP contribution in [-0.2, 0) is 10.0 Å².